The van der Waals surface area contributed by atoms with E-state index in [1.165, 1.54) is 45.2 Å². The molecule has 2 rings (SSSR count). The molecule has 0 aromatic heterocycles. The number of rotatable bonds is 7. The monoisotopic (exact) mass is 226 g/mol. The Morgan fingerprint density at radius 2 is 2.06 bits per heavy atom. The molecule has 3 nitrogen and oxygen atoms in total. The third-order valence-electron chi connectivity index (χ3n) is 3.52. The minimum Gasteiger partial charge on any atom is -0.381 e. The fourth-order valence-corrected chi connectivity index (χ4v) is 2.24. The first-order valence-electron chi connectivity index (χ1n) is 6.97. The van der Waals surface area contributed by atoms with Gasteiger partial charge in [0.15, 0.2) is 0 Å². The molecule has 2 N–H and O–H groups in total. The van der Waals surface area contributed by atoms with Crippen LogP contribution in [0, 0.1) is 5.92 Å². The number of ether oxygens (including phenoxy) is 1. The van der Waals surface area contributed by atoms with E-state index < -0.39 is 0 Å². The van der Waals surface area contributed by atoms with Crippen molar-refractivity contribution < 1.29 is 4.74 Å². The standard InChI is InChI=1S/C13H26N2O/c1-3-13(6-9-14-7-1)15-8-2-10-16-11-12-4-5-12/h12-15H,1-11H2. The number of nitrogens with one attached hydrogen (secondary N) is 2. The highest BCUT2D eigenvalue weighted by atomic mass is 16.5. The van der Waals surface area contributed by atoms with E-state index in [-0.39, 0.29) is 0 Å². The van der Waals surface area contributed by atoms with Crippen molar-refractivity contribution in [3.8, 4) is 0 Å². The van der Waals surface area contributed by atoms with Crippen molar-refractivity contribution in [3.05, 3.63) is 0 Å². The van der Waals surface area contributed by atoms with Gasteiger partial charge in [-0.2, -0.15) is 0 Å². The van der Waals surface area contributed by atoms with Gasteiger partial charge in [-0.05, 0) is 64.1 Å². The third-order valence-corrected chi connectivity index (χ3v) is 3.52. The van der Waals surface area contributed by atoms with E-state index in [9.17, 15) is 0 Å². The van der Waals surface area contributed by atoms with Crippen molar-refractivity contribution in [1.82, 2.24) is 10.6 Å². The van der Waals surface area contributed by atoms with Crippen molar-refractivity contribution in [2.75, 3.05) is 32.8 Å². The van der Waals surface area contributed by atoms with E-state index in [1.54, 1.807) is 0 Å². The summed E-state index contributed by atoms with van der Waals surface area (Å²) in [7, 11) is 0. The first-order chi connectivity index (χ1) is 7.95. The van der Waals surface area contributed by atoms with Gasteiger partial charge in [0.1, 0.15) is 0 Å². The minimum atomic E-state index is 0.735. The molecule has 0 amide bonds. The molecule has 1 unspecified atom stereocenters. The maximum atomic E-state index is 5.62. The second kappa shape index (κ2) is 7.25. The van der Waals surface area contributed by atoms with Crippen LogP contribution in [0.5, 0.6) is 0 Å². The number of hydrogen-bond donors (Lipinski definition) is 2. The Labute approximate surface area is 99.3 Å². The van der Waals surface area contributed by atoms with Crippen LogP contribution in [-0.4, -0.2) is 38.9 Å². The highest BCUT2D eigenvalue weighted by molar-refractivity contribution is 4.73. The minimum absolute atomic E-state index is 0.735. The highest BCUT2D eigenvalue weighted by Crippen LogP contribution is 2.28. The van der Waals surface area contributed by atoms with Crippen LogP contribution < -0.4 is 10.6 Å². The second-order valence-corrected chi connectivity index (χ2v) is 5.20. The SMILES string of the molecule is C(CNC1CCCNCC1)COCC1CC1. The largest absolute Gasteiger partial charge is 0.381 e. The lowest BCUT2D eigenvalue weighted by Gasteiger charge is -2.15. The molecule has 0 radical (unpaired) electrons. The first kappa shape index (κ1) is 12.3. The molecule has 0 bridgehead atoms. The normalized spacial score (nSPS) is 26.6. The molecule has 16 heavy (non-hydrogen) atoms. The average molecular weight is 226 g/mol. The molecular weight excluding hydrogens is 200 g/mol. The van der Waals surface area contributed by atoms with E-state index in [4.69, 9.17) is 4.74 Å². The Morgan fingerprint density at radius 1 is 1.12 bits per heavy atom. The van der Waals surface area contributed by atoms with E-state index in [0.717, 1.165) is 38.1 Å². The highest BCUT2D eigenvalue weighted by Gasteiger charge is 2.20. The molecule has 94 valence electrons. The predicted octanol–water partition coefficient (Wildman–Crippen LogP) is 1.53. The molecule has 1 aliphatic heterocycles. The zero-order valence-electron chi connectivity index (χ0n) is 10.3. The smallest absolute Gasteiger partial charge is 0.0494 e. The zero-order chi connectivity index (χ0) is 11.1. The fraction of sp³-hybridized carbons (Fsp3) is 1.00. The molecule has 1 saturated heterocycles. The quantitative estimate of drug-likeness (QED) is 0.646. The molecule has 0 spiro atoms. The summed E-state index contributed by atoms with van der Waals surface area (Å²) in [5.74, 6) is 0.904. The maximum Gasteiger partial charge on any atom is 0.0494 e. The zero-order valence-corrected chi connectivity index (χ0v) is 10.3. The van der Waals surface area contributed by atoms with Gasteiger partial charge in [0.25, 0.3) is 0 Å². The van der Waals surface area contributed by atoms with E-state index >= 15 is 0 Å². The van der Waals surface area contributed by atoms with E-state index in [0.29, 0.717) is 0 Å². The Bertz CT molecular complexity index is 175. The van der Waals surface area contributed by atoms with Crippen molar-refractivity contribution in [2.45, 2.75) is 44.6 Å². The van der Waals surface area contributed by atoms with Crippen LogP contribution in [0.15, 0.2) is 0 Å². The summed E-state index contributed by atoms with van der Waals surface area (Å²) in [6.07, 6.45) is 7.88. The molecule has 2 aliphatic rings. The lowest BCUT2D eigenvalue weighted by atomic mass is 10.1. The molecule has 0 aromatic carbocycles. The lowest BCUT2D eigenvalue weighted by molar-refractivity contribution is 0.121. The van der Waals surface area contributed by atoms with Gasteiger partial charge in [-0.15, -0.1) is 0 Å². The summed E-state index contributed by atoms with van der Waals surface area (Å²) >= 11 is 0. The summed E-state index contributed by atoms with van der Waals surface area (Å²) in [6.45, 7) is 5.44. The van der Waals surface area contributed by atoms with E-state index in [1.807, 2.05) is 0 Å². The summed E-state index contributed by atoms with van der Waals surface area (Å²) in [5, 5.41) is 7.09. The predicted molar refractivity (Wildman–Crippen MR) is 66.7 cm³/mol. The van der Waals surface area contributed by atoms with Gasteiger partial charge < -0.3 is 15.4 Å². The molecule has 3 heteroatoms. The van der Waals surface area contributed by atoms with Crippen LogP contribution in [0.3, 0.4) is 0 Å². The van der Waals surface area contributed by atoms with Crippen molar-refractivity contribution >= 4 is 0 Å². The average Bonchev–Trinajstić information content (AvgIpc) is 3.10. The molecule has 1 saturated carbocycles. The summed E-state index contributed by atoms with van der Waals surface area (Å²) in [4.78, 5) is 0. The topological polar surface area (TPSA) is 33.3 Å². The van der Waals surface area contributed by atoms with Gasteiger partial charge in [0.05, 0.1) is 0 Å². The Morgan fingerprint density at radius 3 is 2.94 bits per heavy atom. The van der Waals surface area contributed by atoms with Crippen LogP contribution >= 0.6 is 0 Å². The van der Waals surface area contributed by atoms with Gasteiger partial charge in [-0.3, -0.25) is 0 Å². The van der Waals surface area contributed by atoms with Gasteiger partial charge in [0, 0.05) is 19.3 Å². The molecule has 2 fully saturated rings. The van der Waals surface area contributed by atoms with Crippen molar-refractivity contribution in [1.29, 1.82) is 0 Å². The van der Waals surface area contributed by atoms with Gasteiger partial charge in [0.2, 0.25) is 0 Å². The fourth-order valence-electron chi connectivity index (χ4n) is 2.24. The summed E-state index contributed by atoms with van der Waals surface area (Å²) < 4.78 is 5.62. The van der Waals surface area contributed by atoms with E-state index in [2.05, 4.69) is 10.6 Å². The third kappa shape index (κ3) is 5.28. The van der Waals surface area contributed by atoms with Crippen LogP contribution in [0.25, 0.3) is 0 Å². The molecule has 1 aliphatic carbocycles. The molecule has 1 heterocycles. The Kier molecular flexibility index (Phi) is 5.59. The van der Waals surface area contributed by atoms with Crippen molar-refractivity contribution in [2.24, 2.45) is 5.92 Å². The van der Waals surface area contributed by atoms with Gasteiger partial charge in [-0.1, -0.05) is 0 Å². The first-order valence-corrected chi connectivity index (χ1v) is 6.97. The van der Waals surface area contributed by atoms with Crippen molar-refractivity contribution in [3.63, 3.8) is 0 Å². The Balaban J connectivity index is 1.40. The maximum absolute atomic E-state index is 5.62. The molecule has 0 aromatic rings. The van der Waals surface area contributed by atoms with Crippen LogP contribution in [0.2, 0.25) is 0 Å². The molecule has 1 atom stereocenters. The second-order valence-electron chi connectivity index (χ2n) is 5.20. The Hall–Kier alpha value is -0.120. The van der Waals surface area contributed by atoms with Crippen LogP contribution in [0.4, 0.5) is 0 Å². The van der Waals surface area contributed by atoms with Gasteiger partial charge in [-0.25, -0.2) is 0 Å². The van der Waals surface area contributed by atoms with Crippen LogP contribution in [-0.2, 0) is 4.74 Å². The molecular formula is C13H26N2O. The summed E-state index contributed by atoms with van der Waals surface area (Å²) in [5.41, 5.74) is 0. The summed E-state index contributed by atoms with van der Waals surface area (Å²) in [6, 6.07) is 0.735. The van der Waals surface area contributed by atoms with Gasteiger partial charge >= 0.3 is 0 Å². The van der Waals surface area contributed by atoms with Crippen LogP contribution in [0.1, 0.15) is 38.5 Å². The number of hydrogen-bond acceptors (Lipinski definition) is 3. The lowest BCUT2D eigenvalue weighted by Crippen LogP contribution is -2.31.